The van der Waals surface area contributed by atoms with Gasteiger partial charge >= 0.3 is 0 Å². The molecule has 0 aliphatic heterocycles. The second-order valence-electron chi connectivity index (χ2n) is 5.93. The fourth-order valence-corrected chi connectivity index (χ4v) is 2.46. The molecule has 142 valence electrons. The summed E-state index contributed by atoms with van der Waals surface area (Å²) in [5.74, 6) is -0.784. The second-order valence-corrected chi connectivity index (χ2v) is 5.93. The number of carbonyl (C=O) groups is 2. The number of nitrogens with one attached hydrogen (secondary N) is 3. The van der Waals surface area contributed by atoms with Crippen LogP contribution in [0.15, 0.2) is 60.8 Å². The van der Waals surface area contributed by atoms with Crippen molar-refractivity contribution in [2.24, 2.45) is 0 Å². The predicted molar refractivity (Wildman–Crippen MR) is 104 cm³/mol. The molecule has 1 heterocycles. The van der Waals surface area contributed by atoms with Crippen molar-refractivity contribution in [2.75, 3.05) is 10.6 Å². The van der Waals surface area contributed by atoms with Gasteiger partial charge in [-0.3, -0.25) is 9.59 Å². The van der Waals surface area contributed by atoms with Gasteiger partial charge in [-0.2, -0.15) is 0 Å². The number of carbonyl (C=O) groups excluding carboxylic acids is 2. The van der Waals surface area contributed by atoms with E-state index in [0.717, 1.165) is 0 Å². The van der Waals surface area contributed by atoms with Crippen molar-refractivity contribution >= 4 is 29.1 Å². The zero-order valence-electron chi connectivity index (χ0n) is 15.1. The van der Waals surface area contributed by atoms with Gasteiger partial charge in [0.25, 0.3) is 5.91 Å². The number of amides is 2. The quantitative estimate of drug-likeness (QED) is 0.611. The van der Waals surface area contributed by atoms with Crippen LogP contribution in [-0.4, -0.2) is 21.8 Å². The standard InChI is InChI=1S/C20H18FN5O2/c1-13(27)24-15-6-4-7-16(11-15)25-20-22-10-9-18(26-20)19(28)23-12-14-5-2-3-8-17(14)21/h2-11H,12H2,1H3,(H,23,28)(H,24,27)(H,22,25,26). The van der Waals surface area contributed by atoms with Gasteiger partial charge in [-0.25, -0.2) is 14.4 Å². The van der Waals surface area contributed by atoms with Crippen LogP contribution in [0.4, 0.5) is 21.7 Å². The topological polar surface area (TPSA) is 96.0 Å². The molecule has 7 nitrogen and oxygen atoms in total. The van der Waals surface area contributed by atoms with E-state index < -0.39 is 5.91 Å². The van der Waals surface area contributed by atoms with E-state index in [1.165, 1.54) is 25.3 Å². The number of benzene rings is 2. The van der Waals surface area contributed by atoms with Crippen molar-refractivity contribution in [3.8, 4) is 0 Å². The van der Waals surface area contributed by atoms with Crippen molar-refractivity contribution in [2.45, 2.75) is 13.5 Å². The zero-order chi connectivity index (χ0) is 19.9. The van der Waals surface area contributed by atoms with Crippen LogP contribution in [-0.2, 0) is 11.3 Å². The molecule has 0 fully saturated rings. The third-order valence-electron chi connectivity index (χ3n) is 3.72. The Labute approximate surface area is 161 Å². The molecular formula is C20H18FN5O2. The maximum atomic E-state index is 13.6. The summed E-state index contributed by atoms with van der Waals surface area (Å²) in [5.41, 5.74) is 1.80. The lowest BCUT2D eigenvalue weighted by atomic mass is 10.2. The molecule has 3 N–H and O–H groups in total. The molecule has 28 heavy (non-hydrogen) atoms. The molecule has 3 rings (SSSR count). The summed E-state index contributed by atoms with van der Waals surface area (Å²) in [4.78, 5) is 31.7. The first-order chi connectivity index (χ1) is 13.5. The number of anilines is 3. The molecule has 0 unspecified atom stereocenters. The van der Waals surface area contributed by atoms with Gasteiger partial charge in [0, 0.05) is 36.6 Å². The molecule has 0 bridgehead atoms. The molecule has 0 saturated heterocycles. The van der Waals surface area contributed by atoms with Crippen LogP contribution >= 0.6 is 0 Å². The summed E-state index contributed by atoms with van der Waals surface area (Å²) in [7, 11) is 0. The lowest BCUT2D eigenvalue weighted by Crippen LogP contribution is -2.24. The summed E-state index contributed by atoms with van der Waals surface area (Å²) < 4.78 is 13.6. The van der Waals surface area contributed by atoms with E-state index in [-0.39, 0.29) is 29.9 Å². The minimum Gasteiger partial charge on any atom is -0.347 e. The Morgan fingerprint density at radius 3 is 2.61 bits per heavy atom. The van der Waals surface area contributed by atoms with E-state index in [2.05, 4.69) is 25.9 Å². The highest BCUT2D eigenvalue weighted by Crippen LogP contribution is 2.18. The molecule has 1 aromatic heterocycles. The first kappa shape index (κ1) is 19.0. The Balaban J connectivity index is 1.67. The molecule has 0 aliphatic rings. The number of halogens is 1. The Kier molecular flexibility index (Phi) is 5.91. The van der Waals surface area contributed by atoms with Crippen LogP contribution in [0, 0.1) is 5.82 Å². The van der Waals surface area contributed by atoms with E-state index in [4.69, 9.17) is 0 Å². The first-order valence-electron chi connectivity index (χ1n) is 8.50. The van der Waals surface area contributed by atoms with Crippen molar-refractivity contribution in [3.63, 3.8) is 0 Å². The molecule has 0 spiro atoms. The second kappa shape index (κ2) is 8.72. The first-order valence-corrected chi connectivity index (χ1v) is 8.50. The summed E-state index contributed by atoms with van der Waals surface area (Å²) >= 11 is 0. The third kappa shape index (κ3) is 5.10. The predicted octanol–water partition coefficient (Wildman–Crippen LogP) is 3.25. The normalized spacial score (nSPS) is 10.2. The van der Waals surface area contributed by atoms with Crippen LogP contribution in [0.2, 0.25) is 0 Å². The molecule has 3 aromatic rings. The van der Waals surface area contributed by atoms with Gasteiger partial charge in [-0.1, -0.05) is 24.3 Å². The molecule has 0 radical (unpaired) electrons. The summed E-state index contributed by atoms with van der Waals surface area (Å²) in [6.07, 6.45) is 1.45. The largest absolute Gasteiger partial charge is 0.347 e. The highest BCUT2D eigenvalue weighted by Gasteiger charge is 2.10. The lowest BCUT2D eigenvalue weighted by Gasteiger charge is -2.09. The van der Waals surface area contributed by atoms with Crippen LogP contribution in [0.3, 0.4) is 0 Å². The number of rotatable bonds is 6. The van der Waals surface area contributed by atoms with Crippen molar-refractivity contribution in [1.82, 2.24) is 15.3 Å². The van der Waals surface area contributed by atoms with E-state index in [0.29, 0.717) is 16.9 Å². The summed E-state index contributed by atoms with van der Waals surface area (Å²) in [6.45, 7) is 1.48. The van der Waals surface area contributed by atoms with Crippen molar-refractivity contribution in [1.29, 1.82) is 0 Å². The fourth-order valence-electron chi connectivity index (χ4n) is 2.46. The highest BCUT2D eigenvalue weighted by atomic mass is 19.1. The highest BCUT2D eigenvalue weighted by molar-refractivity contribution is 5.92. The average Bonchev–Trinajstić information content (AvgIpc) is 2.67. The van der Waals surface area contributed by atoms with Crippen molar-refractivity contribution in [3.05, 3.63) is 77.9 Å². The van der Waals surface area contributed by atoms with Gasteiger partial charge in [-0.15, -0.1) is 0 Å². The molecule has 0 aliphatic carbocycles. The zero-order valence-corrected chi connectivity index (χ0v) is 15.1. The molecule has 8 heteroatoms. The van der Waals surface area contributed by atoms with Gasteiger partial charge in [0.05, 0.1) is 0 Å². The third-order valence-corrected chi connectivity index (χ3v) is 3.72. The van der Waals surface area contributed by atoms with Crippen molar-refractivity contribution < 1.29 is 14.0 Å². The van der Waals surface area contributed by atoms with Gasteiger partial charge in [0.1, 0.15) is 11.5 Å². The molecule has 2 aromatic carbocycles. The molecular weight excluding hydrogens is 361 g/mol. The smallest absolute Gasteiger partial charge is 0.270 e. The summed E-state index contributed by atoms with van der Waals surface area (Å²) in [6, 6.07) is 14.7. The Bertz CT molecular complexity index is 1010. The van der Waals surface area contributed by atoms with Crippen LogP contribution in [0.1, 0.15) is 23.0 Å². The molecule has 0 atom stereocenters. The Hall–Kier alpha value is -3.81. The Morgan fingerprint density at radius 1 is 1.04 bits per heavy atom. The molecule has 0 saturated carbocycles. The van der Waals surface area contributed by atoms with Gasteiger partial charge < -0.3 is 16.0 Å². The van der Waals surface area contributed by atoms with Gasteiger partial charge in [0.15, 0.2) is 0 Å². The van der Waals surface area contributed by atoms with E-state index >= 15 is 0 Å². The SMILES string of the molecule is CC(=O)Nc1cccc(Nc2nccc(C(=O)NCc3ccccc3F)n2)c1. The van der Waals surface area contributed by atoms with Crippen LogP contribution in [0.25, 0.3) is 0 Å². The lowest BCUT2D eigenvalue weighted by molar-refractivity contribution is -0.114. The van der Waals surface area contributed by atoms with E-state index in [1.807, 2.05) is 0 Å². The maximum Gasteiger partial charge on any atom is 0.270 e. The number of hydrogen-bond acceptors (Lipinski definition) is 5. The van der Waals surface area contributed by atoms with Crippen LogP contribution < -0.4 is 16.0 Å². The molecule has 2 amide bonds. The number of hydrogen-bond donors (Lipinski definition) is 3. The monoisotopic (exact) mass is 379 g/mol. The fraction of sp³-hybridized carbons (Fsp3) is 0.100. The minimum atomic E-state index is -0.444. The van der Waals surface area contributed by atoms with E-state index in [1.54, 1.807) is 42.5 Å². The van der Waals surface area contributed by atoms with E-state index in [9.17, 15) is 14.0 Å². The number of aromatic nitrogens is 2. The van der Waals surface area contributed by atoms with Crippen LogP contribution in [0.5, 0.6) is 0 Å². The number of nitrogens with zero attached hydrogens (tertiary/aromatic N) is 2. The Morgan fingerprint density at radius 2 is 1.82 bits per heavy atom. The maximum absolute atomic E-state index is 13.6. The summed E-state index contributed by atoms with van der Waals surface area (Å²) in [5, 5.41) is 8.30. The minimum absolute atomic E-state index is 0.0526. The van der Waals surface area contributed by atoms with Gasteiger partial charge in [0.2, 0.25) is 11.9 Å². The van der Waals surface area contributed by atoms with Gasteiger partial charge in [-0.05, 0) is 30.3 Å². The average molecular weight is 379 g/mol.